The summed E-state index contributed by atoms with van der Waals surface area (Å²) in [5, 5.41) is 9.34. The van der Waals surface area contributed by atoms with Gasteiger partial charge in [0.1, 0.15) is 11.4 Å². The summed E-state index contributed by atoms with van der Waals surface area (Å²) in [5.74, 6) is -1.75. The van der Waals surface area contributed by atoms with Crippen molar-refractivity contribution in [3.8, 4) is 0 Å². The minimum absolute atomic E-state index is 0.119. The summed E-state index contributed by atoms with van der Waals surface area (Å²) in [5.41, 5.74) is 0.118. The summed E-state index contributed by atoms with van der Waals surface area (Å²) < 4.78 is 16.5. The number of carboxylic acid groups (broad SMARTS) is 1. The maximum absolute atomic E-state index is 14.8. The molecule has 2 aromatic rings. The molecular weight excluding hydrogens is 325 g/mol. The second-order valence-electron chi connectivity index (χ2n) is 6.72. The molecule has 2 saturated heterocycles. The van der Waals surface area contributed by atoms with Gasteiger partial charge in [0.05, 0.1) is 11.2 Å². The molecular formula is C18H20FN3O3. The molecule has 1 aromatic carbocycles. The molecule has 132 valence electrons. The number of aromatic nitrogens is 1. The number of anilines is 1. The minimum atomic E-state index is -1.29. The van der Waals surface area contributed by atoms with Crippen LogP contribution in [0.3, 0.4) is 0 Å². The molecule has 2 aliphatic heterocycles. The molecule has 0 aliphatic carbocycles. The lowest BCUT2D eigenvalue weighted by Gasteiger charge is -2.36. The molecule has 0 saturated carbocycles. The first kappa shape index (κ1) is 16.1. The van der Waals surface area contributed by atoms with E-state index in [0.29, 0.717) is 23.8 Å². The minimum Gasteiger partial charge on any atom is -0.477 e. The number of hydrogen-bond acceptors (Lipinski definition) is 4. The largest absolute Gasteiger partial charge is 0.477 e. The summed E-state index contributed by atoms with van der Waals surface area (Å²) in [6, 6.07) is 3.20. The van der Waals surface area contributed by atoms with Crippen molar-refractivity contribution < 1.29 is 14.3 Å². The average molecular weight is 345 g/mol. The second kappa shape index (κ2) is 5.84. The van der Waals surface area contributed by atoms with Crippen LogP contribution in [-0.2, 0) is 6.54 Å². The van der Waals surface area contributed by atoms with Crippen LogP contribution in [0.15, 0.2) is 23.1 Å². The molecule has 0 radical (unpaired) electrons. The van der Waals surface area contributed by atoms with E-state index in [4.69, 9.17) is 0 Å². The number of pyridine rings is 1. The Morgan fingerprint density at radius 2 is 2.12 bits per heavy atom. The van der Waals surface area contributed by atoms with E-state index in [1.54, 1.807) is 10.6 Å². The molecule has 2 bridgehead atoms. The lowest BCUT2D eigenvalue weighted by atomic mass is 10.1. The molecule has 0 amide bonds. The SMILES string of the molecule is CCn1cc(C(=O)O)c(=O)c2cc(F)c(N3CCN4CCC3C4)cc21. The lowest BCUT2D eigenvalue weighted by molar-refractivity contribution is 0.0695. The van der Waals surface area contributed by atoms with Crippen molar-refractivity contribution in [2.24, 2.45) is 0 Å². The third-order valence-corrected chi connectivity index (χ3v) is 5.37. The highest BCUT2D eigenvalue weighted by molar-refractivity contribution is 5.93. The zero-order chi connectivity index (χ0) is 17.7. The van der Waals surface area contributed by atoms with E-state index < -0.39 is 17.2 Å². The molecule has 25 heavy (non-hydrogen) atoms. The molecule has 7 heteroatoms. The Morgan fingerprint density at radius 3 is 2.84 bits per heavy atom. The second-order valence-corrected chi connectivity index (χ2v) is 6.72. The normalized spacial score (nSPS) is 22.6. The van der Waals surface area contributed by atoms with Crippen LogP contribution in [0.25, 0.3) is 10.9 Å². The Morgan fingerprint density at radius 1 is 1.32 bits per heavy atom. The monoisotopic (exact) mass is 345 g/mol. The van der Waals surface area contributed by atoms with Gasteiger partial charge in [0, 0.05) is 50.3 Å². The molecule has 3 heterocycles. The van der Waals surface area contributed by atoms with Crippen molar-refractivity contribution in [3.05, 3.63) is 39.9 Å². The highest BCUT2D eigenvalue weighted by Crippen LogP contribution is 2.31. The number of fused-ring (bicyclic) bond motifs is 3. The van der Waals surface area contributed by atoms with Gasteiger partial charge in [0.15, 0.2) is 0 Å². The van der Waals surface area contributed by atoms with Gasteiger partial charge in [0.25, 0.3) is 0 Å². The number of halogens is 1. The Bertz CT molecular complexity index is 924. The van der Waals surface area contributed by atoms with Crippen LogP contribution >= 0.6 is 0 Å². The van der Waals surface area contributed by atoms with E-state index in [1.165, 1.54) is 12.3 Å². The number of carboxylic acids is 1. The standard InChI is InChI=1S/C18H20FN3O3/c1-2-21-10-13(18(24)25)17(23)12-7-14(19)16(8-15(12)21)22-6-5-20-4-3-11(22)9-20/h7-8,10-11H,2-6,9H2,1H3,(H,24,25). The van der Waals surface area contributed by atoms with E-state index in [1.807, 2.05) is 6.92 Å². The first-order valence-corrected chi connectivity index (χ1v) is 8.58. The first-order chi connectivity index (χ1) is 12.0. The predicted molar refractivity (Wildman–Crippen MR) is 93.0 cm³/mol. The van der Waals surface area contributed by atoms with Crippen LogP contribution < -0.4 is 10.3 Å². The maximum atomic E-state index is 14.8. The fourth-order valence-corrected chi connectivity index (χ4v) is 4.05. The van der Waals surface area contributed by atoms with Gasteiger partial charge in [0.2, 0.25) is 5.43 Å². The topological polar surface area (TPSA) is 65.8 Å². The van der Waals surface area contributed by atoms with Crippen molar-refractivity contribution in [2.45, 2.75) is 25.9 Å². The number of carbonyl (C=O) groups is 1. The highest BCUT2D eigenvalue weighted by atomic mass is 19.1. The van der Waals surface area contributed by atoms with E-state index in [-0.39, 0.29) is 10.9 Å². The highest BCUT2D eigenvalue weighted by Gasteiger charge is 2.34. The van der Waals surface area contributed by atoms with Crippen LogP contribution in [0.5, 0.6) is 0 Å². The van der Waals surface area contributed by atoms with Crippen molar-refractivity contribution in [3.63, 3.8) is 0 Å². The van der Waals surface area contributed by atoms with E-state index in [2.05, 4.69) is 9.80 Å². The molecule has 2 atom stereocenters. The molecule has 1 aromatic heterocycles. The van der Waals surface area contributed by atoms with Gasteiger partial charge in [-0.1, -0.05) is 0 Å². The van der Waals surface area contributed by atoms with Gasteiger partial charge >= 0.3 is 5.97 Å². The molecule has 2 aliphatic rings. The summed E-state index contributed by atoms with van der Waals surface area (Å²) >= 11 is 0. The lowest BCUT2D eigenvalue weighted by Crippen LogP contribution is -2.47. The van der Waals surface area contributed by atoms with Gasteiger partial charge in [-0.05, 0) is 25.5 Å². The van der Waals surface area contributed by atoms with Crippen molar-refractivity contribution >= 4 is 22.6 Å². The number of benzene rings is 1. The third-order valence-electron chi connectivity index (χ3n) is 5.37. The quantitative estimate of drug-likeness (QED) is 0.918. The fraction of sp³-hybridized carbons (Fsp3) is 0.444. The van der Waals surface area contributed by atoms with Crippen LogP contribution in [-0.4, -0.2) is 52.8 Å². The van der Waals surface area contributed by atoms with Crippen LogP contribution in [0.1, 0.15) is 23.7 Å². The van der Waals surface area contributed by atoms with Gasteiger partial charge in [-0.2, -0.15) is 0 Å². The molecule has 2 fully saturated rings. The van der Waals surface area contributed by atoms with Crippen molar-refractivity contribution in [1.29, 1.82) is 0 Å². The van der Waals surface area contributed by atoms with Gasteiger partial charge < -0.3 is 14.6 Å². The van der Waals surface area contributed by atoms with Gasteiger partial charge in [-0.15, -0.1) is 0 Å². The van der Waals surface area contributed by atoms with E-state index in [9.17, 15) is 19.1 Å². The smallest absolute Gasteiger partial charge is 0.341 e. The average Bonchev–Trinajstić information content (AvgIpc) is 2.97. The number of aryl methyl sites for hydroxylation is 1. The third kappa shape index (κ3) is 2.50. The maximum Gasteiger partial charge on any atom is 0.341 e. The molecule has 1 N–H and O–H groups in total. The van der Waals surface area contributed by atoms with E-state index in [0.717, 1.165) is 32.6 Å². The molecule has 4 rings (SSSR count). The zero-order valence-corrected chi connectivity index (χ0v) is 14.0. The number of piperazine rings is 1. The Hall–Kier alpha value is -2.41. The number of hydrogen-bond donors (Lipinski definition) is 1. The first-order valence-electron chi connectivity index (χ1n) is 8.58. The Kier molecular flexibility index (Phi) is 3.76. The molecule has 2 unspecified atom stereocenters. The van der Waals surface area contributed by atoms with Crippen molar-refractivity contribution in [2.75, 3.05) is 31.1 Å². The molecule has 6 nitrogen and oxygen atoms in total. The van der Waals surface area contributed by atoms with Crippen molar-refractivity contribution in [1.82, 2.24) is 9.47 Å². The Labute approximate surface area is 144 Å². The Balaban J connectivity index is 1.91. The van der Waals surface area contributed by atoms with Crippen LogP contribution in [0, 0.1) is 5.82 Å². The van der Waals surface area contributed by atoms with Crippen LogP contribution in [0.4, 0.5) is 10.1 Å². The predicted octanol–water partition coefficient (Wildman–Crippen LogP) is 1.75. The summed E-state index contributed by atoms with van der Waals surface area (Å²) in [7, 11) is 0. The molecule has 0 spiro atoms. The number of rotatable bonds is 3. The summed E-state index contributed by atoms with van der Waals surface area (Å²) in [4.78, 5) is 28.2. The number of nitrogens with zero attached hydrogens (tertiary/aromatic N) is 3. The van der Waals surface area contributed by atoms with E-state index >= 15 is 0 Å². The van der Waals surface area contributed by atoms with Crippen LogP contribution in [0.2, 0.25) is 0 Å². The fourth-order valence-electron chi connectivity index (χ4n) is 4.05. The van der Waals surface area contributed by atoms with Gasteiger partial charge in [-0.3, -0.25) is 9.69 Å². The van der Waals surface area contributed by atoms with Gasteiger partial charge in [-0.25, -0.2) is 9.18 Å². The summed E-state index contributed by atoms with van der Waals surface area (Å²) in [6.07, 6.45) is 2.36. The summed E-state index contributed by atoms with van der Waals surface area (Å²) in [6.45, 7) is 6.02. The zero-order valence-electron chi connectivity index (χ0n) is 14.0. The number of aromatic carboxylic acids is 1.